The summed E-state index contributed by atoms with van der Waals surface area (Å²) >= 11 is 0. The lowest BCUT2D eigenvalue weighted by atomic mass is 9.88. The van der Waals surface area contributed by atoms with Crippen LogP contribution in [0.2, 0.25) is 0 Å². The van der Waals surface area contributed by atoms with Crippen molar-refractivity contribution in [3.8, 4) is 0 Å². The highest BCUT2D eigenvalue weighted by Gasteiger charge is 2.26. The molecule has 2 unspecified atom stereocenters. The Hall–Kier alpha value is -2.01. The number of hydrogen-bond acceptors (Lipinski definition) is 2. The monoisotopic (exact) mass is 306 g/mol. The Balaban J connectivity index is 1.84. The average molecular weight is 306 g/mol. The third-order valence-corrected chi connectivity index (χ3v) is 4.09. The molecule has 0 saturated carbocycles. The van der Waals surface area contributed by atoms with Crippen LogP contribution in [0, 0.1) is 17.5 Å². The molecule has 0 amide bonds. The number of rotatable bonds is 2. The normalized spacial score (nSPS) is 21.9. The van der Waals surface area contributed by atoms with Gasteiger partial charge in [0.15, 0.2) is 11.6 Å². The Bertz CT molecular complexity index is 657. The van der Waals surface area contributed by atoms with Crippen molar-refractivity contribution in [3.05, 3.63) is 65.5 Å². The van der Waals surface area contributed by atoms with Crippen molar-refractivity contribution in [2.24, 2.45) is 5.73 Å². The molecule has 22 heavy (non-hydrogen) atoms. The highest BCUT2D eigenvalue weighted by molar-refractivity contribution is 5.48. The maximum absolute atomic E-state index is 13.4. The van der Waals surface area contributed by atoms with E-state index < -0.39 is 11.6 Å². The van der Waals surface area contributed by atoms with Crippen LogP contribution in [0.5, 0.6) is 0 Å². The van der Waals surface area contributed by atoms with Gasteiger partial charge in [-0.15, -0.1) is 0 Å². The zero-order chi connectivity index (χ0) is 15.7. The fraction of sp³-hybridized carbons (Fsp3) is 0.294. The first-order valence-corrected chi connectivity index (χ1v) is 7.24. The van der Waals surface area contributed by atoms with Gasteiger partial charge in [0.1, 0.15) is 5.82 Å². The summed E-state index contributed by atoms with van der Waals surface area (Å²) in [6, 6.07) is 10.2. The lowest BCUT2D eigenvalue weighted by Crippen LogP contribution is -2.46. The van der Waals surface area contributed by atoms with E-state index >= 15 is 0 Å². The fourth-order valence-corrected chi connectivity index (χ4v) is 3.01. The summed E-state index contributed by atoms with van der Waals surface area (Å²) in [6.07, 6.45) is 0.784. The van der Waals surface area contributed by atoms with Crippen molar-refractivity contribution in [1.29, 1.82) is 0 Å². The molecule has 2 N–H and O–H groups in total. The van der Waals surface area contributed by atoms with Crippen molar-refractivity contribution in [3.63, 3.8) is 0 Å². The van der Waals surface area contributed by atoms with E-state index in [0.717, 1.165) is 18.1 Å². The number of benzene rings is 2. The molecule has 1 aliphatic heterocycles. The van der Waals surface area contributed by atoms with Crippen molar-refractivity contribution >= 4 is 5.69 Å². The smallest absolute Gasteiger partial charge is 0.160 e. The molecular weight excluding hydrogens is 289 g/mol. The van der Waals surface area contributed by atoms with Crippen molar-refractivity contribution in [1.82, 2.24) is 0 Å². The van der Waals surface area contributed by atoms with Crippen LogP contribution >= 0.6 is 0 Å². The Morgan fingerprint density at radius 2 is 1.64 bits per heavy atom. The second-order valence-corrected chi connectivity index (χ2v) is 5.75. The number of hydrogen-bond donors (Lipinski definition) is 1. The van der Waals surface area contributed by atoms with Crippen LogP contribution in [-0.2, 0) is 0 Å². The standard InChI is InChI=1S/C17H17F3N2/c18-13-3-1-11(2-4-13)12-7-14(21)10-22(9-12)15-5-6-16(19)17(20)8-15/h1-6,8,12,14H,7,9-10,21H2. The van der Waals surface area contributed by atoms with Crippen LogP contribution in [0.15, 0.2) is 42.5 Å². The molecule has 0 aromatic heterocycles. The molecule has 5 heteroatoms. The van der Waals surface area contributed by atoms with Gasteiger partial charge in [0, 0.05) is 36.8 Å². The number of nitrogens with two attached hydrogens (primary N) is 1. The maximum Gasteiger partial charge on any atom is 0.160 e. The van der Waals surface area contributed by atoms with E-state index in [4.69, 9.17) is 5.73 Å². The fourth-order valence-electron chi connectivity index (χ4n) is 3.01. The molecule has 2 aromatic carbocycles. The van der Waals surface area contributed by atoms with Crippen LogP contribution in [0.3, 0.4) is 0 Å². The van der Waals surface area contributed by atoms with E-state index in [2.05, 4.69) is 0 Å². The van der Waals surface area contributed by atoms with Gasteiger partial charge in [-0.3, -0.25) is 0 Å². The average Bonchev–Trinajstić information content (AvgIpc) is 2.50. The van der Waals surface area contributed by atoms with Crippen LogP contribution in [0.1, 0.15) is 17.9 Å². The van der Waals surface area contributed by atoms with Crippen molar-refractivity contribution < 1.29 is 13.2 Å². The molecule has 1 aliphatic rings. The second-order valence-electron chi connectivity index (χ2n) is 5.75. The van der Waals surface area contributed by atoms with Gasteiger partial charge in [-0.1, -0.05) is 12.1 Å². The molecule has 116 valence electrons. The van der Waals surface area contributed by atoms with Crippen molar-refractivity contribution in [2.75, 3.05) is 18.0 Å². The number of halogens is 3. The minimum Gasteiger partial charge on any atom is -0.369 e. The van der Waals surface area contributed by atoms with E-state index in [-0.39, 0.29) is 17.8 Å². The van der Waals surface area contributed by atoms with Gasteiger partial charge in [0.2, 0.25) is 0 Å². The summed E-state index contributed by atoms with van der Waals surface area (Å²) in [5.41, 5.74) is 7.72. The lowest BCUT2D eigenvalue weighted by Gasteiger charge is -2.38. The first-order valence-electron chi connectivity index (χ1n) is 7.24. The van der Waals surface area contributed by atoms with E-state index in [1.807, 2.05) is 4.90 Å². The summed E-state index contributed by atoms with van der Waals surface area (Å²) in [4.78, 5) is 1.95. The van der Waals surface area contributed by atoms with E-state index in [1.54, 1.807) is 18.2 Å². The molecule has 2 aromatic rings. The predicted molar refractivity (Wildman–Crippen MR) is 80.3 cm³/mol. The summed E-state index contributed by atoms with van der Waals surface area (Å²) in [7, 11) is 0. The van der Waals surface area contributed by atoms with Gasteiger partial charge in [0.05, 0.1) is 0 Å². The third kappa shape index (κ3) is 3.09. The highest BCUT2D eigenvalue weighted by atomic mass is 19.2. The van der Waals surface area contributed by atoms with Crippen molar-refractivity contribution in [2.45, 2.75) is 18.4 Å². The van der Waals surface area contributed by atoms with Gasteiger partial charge < -0.3 is 10.6 Å². The van der Waals surface area contributed by atoms with Gasteiger partial charge >= 0.3 is 0 Å². The first-order chi connectivity index (χ1) is 10.5. The van der Waals surface area contributed by atoms with Gasteiger partial charge in [-0.2, -0.15) is 0 Å². The molecule has 0 spiro atoms. The first kappa shape index (κ1) is 14.9. The van der Waals surface area contributed by atoms with Crippen LogP contribution in [-0.4, -0.2) is 19.1 Å². The van der Waals surface area contributed by atoms with E-state index in [9.17, 15) is 13.2 Å². The largest absolute Gasteiger partial charge is 0.369 e. The topological polar surface area (TPSA) is 29.3 Å². The number of nitrogens with zero attached hydrogens (tertiary/aromatic N) is 1. The zero-order valence-electron chi connectivity index (χ0n) is 12.0. The minimum atomic E-state index is -0.866. The molecule has 0 radical (unpaired) electrons. The van der Waals surface area contributed by atoms with Gasteiger partial charge in [-0.25, -0.2) is 13.2 Å². The molecule has 2 nitrogen and oxygen atoms in total. The third-order valence-electron chi connectivity index (χ3n) is 4.09. The second kappa shape index (κ2) is 6.01. The Kier molecular flexibility index (Phi) is 4.07. The van der Waals surface area contributed by atoms with Crippen LogP contribution < -0.4 is 10.6 Å². The molecule has 3 rings (SSSR count). The Morgan fingerprint density at radius 1 is 0.909 bits per heavy atom. The van der Waals surface area contributed by atoms with Crippen LogP contribution in [0.4, 0.5) is 18.9 Å². The van der Waals surface area contributed by atoms with E-state index in [1.165, 1.54) is 18.2 Å². The summed E-state index contributed by atoms with van der Waals surface area (Å²) in [5, 5.41) is 0. The van der Waals surface area contributed by atoms with Crippen LogP contribution in [0.25, 0.3) is 0 Å². The minimum absolute atomic E-state index is 0.0723. The summed E-state index contributed by atoms with van der Waals surface area (Å²) in [5.74, 6) is -1.87. The number of anilines is 1. The molecule has 1 heterocycles. The Labute approximate surface area is 127 Å². The van der Waals surface area contributed by atoms with E-state index in [0.29, 0.717) is 18.8 Å². The maximum atomic E-state index is 13.4. The lowest BCUT2D eigenvalue weighted by molar-refractivity contribution is 0.451. The Morgan fingerprint density at radius 3 is 2.32 bits per heavy atom. The SMILES string of the molecule is NC1CC(c2ccc(F)cc2)CN(c2ccc(F)c(F)c2)C1. The zero-order valence-corrected chi connectivity index (χ0v) is 12.0. The summed E-state index contributed by atoms with van der Waals surface area (Å²) in [6.45, 7) is 1.23. The molecule has 1 saturated heterocycles. The highest BCUT2D eigenvalue weighted by Crippen LogP contribution is 2.30. The quantitative estimate of drug-likeness (QED) is 0.921. The predicted octanol–water partition coefficient (Wildman–Crippen LogP) is 3.43. The summed E-state index contributed by atoms with van der Waals surface area (Å²) < 4.78 is 39.5. The molecule has 0 bridgehead atoms. The molecule has 1 fully saturated rings. The molecular formula is C17H17F3N2. The number of piperidine rings is 1. The molecule has 0 aliphatic carbocycles. The van der Waals surface area contributed by atoms with Gasteiger partial charge in [-0.05, 0) is 36.2 Å². The molecule has 2 atom stereocenters. The van der Waals surface area contributed by atoms with Gasteiger partial charge in [0.25, 0.3) is 0 Å².